The molecule has 1 aliphatic rings. The van der Waals surface area contributed by atoms with Crippen molar-refractivity contribution in [2.45, 2.75) is 45.1 Å². The number of anilines is 1. The van der Waals surface area contributed by atoms with Crippen molar-refractivity contribution in [2.24, 2.45) is 0 Å². The number of esters is 1. The van der Waals surface area contributed by atoms with Gasteiger partial charge in [-0.2, -0.15) is 13.2 Å². The Hall–Kier alpha value is -2.29. The van der Waals surface area contributed by atoms with Gasteiger partial charge in [0.25, 0.3) is 5.91 Å². The number of carbonyl (C=O) groups excluding carboxylic acids is 2. The van der Waals surface area contributed by atoms with E-state index in [1.54, 1.807) is 6.92 Å². The summed E-state index contributed by atoms with van der Waals surface area (Å²) in [4.78, 5) is 25.6. The molecule has 9 heteroatoms. The highest BCUT2D eigenvalue weighted by molar-refractivity contribution is 6.04. The van der Waals surface area contributed by atoms with Crippen molar-refractivity contribution in [1.82, 2.24) is 0 Å². The number of nitrogens with zero attached hydrogens (tertiary/aromatic N) is 1. The maximum Gasteiger partial charge on any atom is 0.417 e. The van der Waals surface area contributed by atoms with Gasteiger partial charge in [0.2, 0.25) is 0 Å². The van der Waals surface area contributed by atoms with Crippen molar-refractivity contribution in [2.75, 3.05) is 18.6 Å². The minimum Gasteiger partial charge on any atom is -0.476 e. The molecule has 144 valence electrons. The van der Waals surface area contributed by atoms with Crippen LogP contribution in [0.3, 0.4) is 0 Å². The SMILES string of the molecule is CCC(O)CN1C(=O)C(C)(C)Oc2cc(C(F)(F)F)c(C(=O)OC)cc21. The third-order valence-electron chi connectivity index (χ3n) is 4.09. The molecule has 1 aromatic rings. The van der Waals surface area contributed by atoms with E-state index in [2.05, 4.69) is 4.74 Å². The van der Waals surface area contributed by atoms with Crippen molar-refractivity contribution < 1.29 is 37.3 Å². The van der Waals surface area contributed by atoms with Crippen LogP contribution in [0, 0.1) is 0 Å². The van der Waals surface area contributed by atoms with Crippen LogP contribution in [0.2, 0.25) is 0 Å². The normalized spacial score (nSPS) is 17.4. The molecule has 0 saturated carbocycles. The smallest absolute Gasteiger partial charge is 0.417 e. The summed E-state index contributed by atoms with van der Waals surface area (Å²) >= 11 is 0. The van der Waals surface area contributed by atoms with E-state index in [0.29, 0.717) is 12.5 Å². The zero-order valence-electron chi connectivity index (χ0n) is 14.8. The summed E-state index contributed by atoms with van der Waals surface area (Å²) in [5, 5.41) is 9.93. The van der Waals surface area contributed by atoms with Gasteiger partial charge in [-0.25, -0.2) is 4.79 Å². The number of amides is 1. The highest BCUT2D eigenvalue weighted by Crippen LogP contribution is 2.44. The van der Waals surface area contributed by atoms with Gasteiger partial charge in [0.05, 0.1) is 36.6 Å². The van der Waals surface area contributed by atoms with E-state index in [9.17, 15) is 27.9 Å². The molecule has 1 heterocycles. The minimum atomic E-state index is -4.82. The maximum absolute atomic E-state index is 13.4. The van der Waals surface area contributed by atoms with E-state index in [4.69, 9.17) is 4.74 Å². The van der Waals surface area contributed by atoms with Gasteiger partial charge in [-0.1, -0.05) is 6.92 Å². The number of carbonyl (C=O) groups is 2. The van der Waals surface area contributed by atoms with Gasteiger partial charge in [0, 0.05) is 0 Å². The van der Waals surface area contributed by atoms with E-state index in [-0.39, 0.29) is 18.0 Å². The molecular weight excluding hydrogens is 355 g/mol. The van der Waals surface area contributed by atoms with Gasteiger partial charge in [0.15, 0.2) is 5.60 Å². The average molecular weight is 375 g/mol. The summed E-state index contributed by atoms with van der Waals surface area (Å²) in [6, 6.07) is 1.60. The van der Waals surface area contributed by atoms with Crippen LogP contribution >= 0.6 is 0 Å². The largest absolute Gasteiger partial charge is 0.476 e. The average Bonchev–Trinajstić information content (AvgIpc) is 2.55. The van der Waals surface area contributed by atoms with E-state index < -0.39 is 40.9 Å². The van der Waals surface area contributed by atoms with Crippen LogP contribution in [-0.4, -0.2) is 42.3 Å². The summed E-state index contributed by atoms with van der Waals surface area (Å²) < 4.78 is 50.0. The lowest BCUT2D eigenvalue weighted by Gasteiger charge is -2.40. The summed E-state index contributed by atoms with van der Waals surface area (Å²) in [5.41, 5.74) is -3.39. The summed E-state index contributed by atoms with van der Waals surface area (Å²) in [7, 11) is 0.964. The van der Waals surface area contributed by atoms with Gasteiger partial charge in [-0.15, -0.1) is 0 Å². The minimum absolute atomic E-state index is 0.0183. The fourth-order valence-electron chi connectivity index (χ4n) is 2.65. The van der Waals surface area contributed by atoms with Crippen LogP contribution in [0.4, 0.5) is 18.9 Å². The van der Waals surface area contributed by atoms with Gasteiger partial charge >= 0.3 is 12.1 Å². The van der Waals surface area contributed by atoms with Gasteiger partial charge in [0.1, 0.15) is 5.75 Å². The van der Waals surface area contributed by atoms with Crippen molar-refractivity contribution in [3.05, 3.63) is 23.3 Å². The fourth-order valence-corrected chi connectivity index (χ4v) is 2.65. The molecule has 0 saturated heterocycles. The molecule has 26 heavy (non-hydrogen) atoms. The Bertz CT molecular complexity index is 730. The van der Waals surface area contributed by atoms with Gasteiger partial charge in [-0.3, -0.25) is 4.79 Å². The Balaban J connectivity index is 2.70. The predicted molar refractivity (Wildman–Crippen MR) is 86.1 cm³/mol. The molecule has 1 amide bonds. The number of alkyl halides is 3. The first-order valence-electron chi connectivity index (χ1n) is 7.95. The van der Waals surface area contributed by atoms with Crippen molar-refractivity contribution in [3.8, 4) is 5.75 Å². The molecule has 0 spiro atoms. The van der Waals surface area contributed by atoms with Crippen LogP contribution in [0.15, 0.2) is 12.1 Å². The first kappa shape index (κ1) is 20.0. The number of β-amino-alcohol motifs (C(OH)–C–C–N with tert-alkyl or cyclic N) is 1. The van der Waals surface area contributed by atoms with Crippen molar-refractivity contribution >= 4 is 17.6 Å². The number of benzene rings is 1. The van der Waals surface area contributed by atoms with E-state index >= 15 is 0 Å². The van der Waals surface area contributed by atoms with E-state index in [0.717, 1.165) is 18.1 Å². The lowest BCUT2D eigenvalue weighted by Crippen LogP contribution is -2.54. The first-order chi connectivity index (χ1) is 11.9. The van der Waals surface area contributed by atoms with Crippen LogP contribution in [0.5, 0.6) is 5.75 Å². The molecule has 0 radical (unpaired) electrons. The van der Waals surface area contributed by atoms with Crippen LogP contribution in [-0.2, 0) is 15.7 Å². The number of aliphatic hydroxyl groups is 1. The molecule has 0 aliphatic carbocycles. The van der Waals surface area contributed by atoms with Gasteiger partial charge in [-0.05, 0) is 32.4 Å². The molecule has 2 rings (SSSR count). The topological polar surface area (TPSA) is 76.1 Å². The second-order valence-corrected chi connectivity index (χ2v) is 6.45. The predicted octanol–water partition coefficient (Wildman–Crippen LogP) is 2.77. The maximum atomic E-state index is 13.4. The number of hydrogen-bond donors (Lipinski definition) is 1. The van der Waals surface area contributed by atoms with Crippen LogP contribution in [0.1, 0.15) is 43.1 Å². The summed E-state index contributed by atoms with van der Waals surface area (Å²) in [6.45, 7) is 4.41. The molecular formula is C17H20F3NO5. The third kappa shape index (κ3) is 3.62. The lowest BCUT2D eigenvalue weighted by molar-refractivity contribution is -0.138. The zero-order valence-corrected chi connectivity index (χ0v) is 14.8. The molecule has 1 atom stereocenters. The zero-order chi connectivity index (χ0) is 19.9. The number of halogens is 3. The fraction of sp³-hybridized carbons (Fsp3) is 0.529. The number of aliphatic hydroxyl groups excluding tert-OH is 1. The molecule has 6 nitrogen and oxygen atoms in total. The molecule has 1 aliphatic heterocycles. The number of ether oxygens (including phenoxy) is 2. The molecule has 0 aromatic heterocycles. The Morgan fingerprint density at radius 3 is 2.50 bits per heavy atom. The second-order valence-electron chi connectivity index (χ2n) is 6.45. The Morgan fingerprint density at radius 1 is 1.38 bits per heavy atom. The number of fused-ring (bicyclic) bond motifs is 1. The number of methoxy groups -OCH3 is 1. The Morgan fingerprint density at radius 2 is 2.00 bits per heavy atom. The molecule has 1 unspecified atom stereocenters. The highest BCUT2D eigenvalue weighted by atomic mass is 19.4. The Kier molecular flexibility index (Phi) is 5.23. The quantitative estimate of drug-likeness (QED) is 0.819. The Labute approximate surface area is 148 Å². The lowest BCUT2D eigenvalue weighted by atomic mass is 9.99. The first-order valence-corrected chi connectivity index (χ1v) is 7.95. The molecule has 0 bridgehead atoms. The van der Waals surface area contributed by atoms with Crippen LogP contribution in [0.25, 0.3) is 0 Å². The number of rotatable bonds is 4. The monoisotopic (exact) mass is 375 g/mol. The molecule has 1 N–H and O–H groups in total. The van der Waals surface area contributed by atoms with E-state index in [1.165, 1.54) is 13.8 Å². The molecule has 0 fully saturated rings. The third-order valence-corrected chi connectivity index (χ3v) is 4.09. The molecule has 1 aromatic carbocycles. The second kappa shape index (κ2) is 6.79. The number of hydrogen-bond acceptors (Lipinski definition) is 5. The van der Waals surface area contributed by atoms with Gasteiger partial charge < -0.3 is 19.5 Å². The van der Waals surface area contributed by atoms with E-state index in [1.807, 2.05) is 0 Å². The summed E-state index contributed by atoms with van der Waals surface area (Å²) in [6.07, 6.45) is -5.36. The summed E-state index contributed by atoms with van der Waals surface area (Å²) in [5.74, 6) is -1.92. The van der Waals surface area contributed by atoms with Crippen molar-refractivity contribution in [3.63, 3.8) is 0 Å². The highest BCUT2D eigenvalue weighted by Gasteiger charge is 2.44. The van der Waals surface area contributed by atoms with Crippen molar-refractivity contribution in [1.29, 1.82) is 0 Å². The standard InChI is InChI=1S/C17H20F3NO5/c1-5-9(22)8-21-12-6-10(14(23)25-4)11(17(18,19)20)7-13(12)26-16(2,3)15(21)24/h6-7,9,22H,5,8H2,1-4H3. The van der Waals surface area contributed by atoms with Crippen LogP contribution < -0.4 is 9.64 Å².